The highest BCUT2D eigenvalue weighted by Crippen LogP contribution is 2.38. The Balaban J connectivity index is 1.03. The number of ether oxygens (including phenoxy) is 9. The van der Waals surface area contributed by atoms with Crippen LogP contribution in [0.2, 0.25) is 5.02 Å². The molecule has 1 fully saturated rings. The van der Waals surface area contributed by atoms with Crippen molar-refractivity contribution in [2.45, 2.75) is 115 Å². The van der Waals surface area contributed by atoms with Gasteiger partial charge in [0, 0.05) is 59.3 Å². The zero-order valence-corrected chi connectivity index (χ0v) is 48.7. The lowest BCUT2D eigenvalue weighted by molar-refractivity contribution is -0.177. The molecule has 6 amide bonds. The summed E-state index contributed by atoms with van der Waals surface area (Å²) in [5.41, 5.74) is -1.35. The van der Waals surface area contributed by atoms with Gasteiger partial charge in [-0.15, -0.1) is 5.10 Å². The summed E-state index contributed by atoms with van der Waals surface area (Å²) >= 11 is 6.79. The third kappa shape index (κ3) is 20.2. The fraction of sp³-hybridized carbons (Fsp3) is 0.618. The zero-order chi connectivity index (χ0) is 60.0. The number of hydrogen-bond donors (Lipinski definition) is 4. The number of imide groups is 1. The molecule has 0 radical (unpaired) electrons. The summed E-state index contributed by atoms with van der Waals surface area (Å²) in [6, 6.07) is 2.31. The van der Waals surface area contributed by atoms with Crippen molar-refractivity contribution in [3.05, 3.63) is 70.6 Å². The molecule has 3 aliphatic rings. The van der Waals surface area contributed by atoms with Crippen molar-refractivity contribution in [2.75, 3.05) is 106 Å². The van der Waals surface area contributed by atoms with Crippen LogP contribution in [0.5, 0.6) is 5.75 Å². The van der Waals surface area contributed by atoms with Gasteiger partial charge in [-0.1, -0.05) is 47.5 Å². The van der Waals surface area contributed by atoms with E-state index in [1.165, 1.54) is 64.1 Å². The third-order valence-corrected chi connectivity index (χ3v) is 14.3. The predicted octanol–water partition coefficient (Wildman–Crippen LogP) is 2.19. The molecule has 7 atom stereocenters. The van der Waals surface area contributed by atoms with Crippen LogP contribution in [-0.4, -0.2) is 213 Å². The molecule has 4 bridgehead atoms. The average Bonchev–Trinajstić information content (AvgIpc) is 4.12. The van der Waals surface area contributed by atoms with Crippen LogP contribution in [0.1, 0.15) is 71.1 Å². The maximum atomic E-state index is 14.3. The van der Waals surface area contributed by atoms with Gasteiger partial charge < -0.3 is 68.0 Å². The number of benzene rings is 1. The SMILES string of the molecule is COc1cc2cc(c1Cl)N(C)C(=O)CC(OC(=O)[C@H](C)N(C)C(=O)CCOCCn1cc(COCCOCCOCCOCCNC(=O)CCN3C(=O)C=CC3=O)nn1)C(C)(O)C[C@H](C)[C@@H]1C[C@@](O)(NC(=O)O1)C(OC)/C=C/C=C(\C)C2. The number of halogens is 1. The Morgan fingerprint density at radius 2 is 1.59 bits per heavy atom. The van der Waals surface area contributed by atoms with Gasteiger partial charge in [0.1, 0.15) is 40.8 Å². The fourth-order valence-electron chi connectivity index (χ4n) is 9.02. The summed E-state index contributed by atoms with van der Waals surface area (Å²) in [7, 11) is 5.78. The number of rotatable bonds is 28. The number of aromatic nitrogens is 3. The van der Waals surface area contributed by atoms with Crippen LogP contribution in [0.3, 0.4) is 0 Å². The summed E-state index contributed by atoms with van der Waals surface area (Å²) in [4.78, 5) is 93.1. The van der Waals surface area contributed by atoms with Crippen molar-refractivity contribution in [3.63, 3.8) is 0 Å². The molecule has 82 heavy (non-hydrogen) atoms. The second-order valence-corrected chi connectivity index (χ2v) is 20.7. The maximum Gasteiger partial charge on any atom is 0.409 e. The topological polar surface area (TPSA) is 308 Å². The van der Waals surface area contributed by atoms with Crippen LogP contribution in [0.25, 0.3) is 0 Å². The highest BCUT2D eigenvalue weighted by Gasteiger charge is 2.49. The minimum absolute atomic E-state index is 0.0125. The van der Waals surface area contributed by atoms with Crippen molar-refractivity contribution in [1.82, 2.24) is 35.4 Å². The molecule has 4 N–H and O–H groups in total. The van der Waals surface area contributed by atoms with Crippen LogP contribution < -0.4 is 20.3 Å². The highest BCUT2D eigenvalue weighted by molar-refractivity contribution is 6.35. The lowest BCUT2D eigenvalue weighted by Gasteiger charge is -2.43. The van der Waals surface area contributed by atoms with Crippen LogP contribution in [0.15, 0.2) is 54.3 Å². The number of methoxy groups -OCH3 is 2. The molecule has 0 saturated carbocycles. The molecular weight excluding hydrogens is 1100 g/mol. The number of amides is 6. The molecular formula is C55H79ClN8O18. The van der Waals surface area contributed by atoms with Gasteiger partial charge in [-0.05, 0) is 57.2 Å². The van der Waals surface area contributed by atoms with E-state index in [9.17, 15) is 43.8 Å². The number of anilines is 1. The van der Waals surface area contributed by atoms with E-state index in [4.69, 9.17) is 54.2 Å². The number of fused-ring (bicyclic) bond motifs is 4. The summed E-state index contributed by atoms with van der Waals surface area (Å²) < 4.78 is 52.2. The number of carbonyl (C=O) groups is 7. The quantitative estimate of drug-likeness (QED) is 0.0539. The Hall–Kier alpha value is -6.36. The van der Waals surface area contributed by atoms with E-state index in [-0.39, 0.29) is 76.1 Å². The second kappa shape index (κ2) is 32.5. The smallest absolute Gasteiger partial charge is 0.409 e. The zero-order valence-electron chi connectivity index (χ0n) is 47.9. The first-order chi connectivity index (χ1) is 39.0. The van der Waals surface area contributed by atoms with Gasteiger partial charge in [-0.25, -0.2) is 14.3 Å². The van der Waals surface area contributed by atoms with E-state index in [1.54, 1.807) is 42.1 Å². The Morgan fingerprint density at radius 3 is 2.26 bits per heavy atom. The maximum absolute atomic E-state index is 14.3. The van der Waals surface area contributed by atoms with Gasteiger partial charge in [0.2, 0.25) is 17.7 Å². The fourth-order valence-corrected chi connectivity index (χ4v) is 9.34. The Bertz CT molecular complexity index is 2580. The molecule has 1 aromatic heterocycles. The van der Waals surface area contributed by atoms with Gasteiger partial charge in [-0.2, -0.15) is 0 Å². The minimum Gasteiger partial charge on any atom is -0.495 e. The molecule has 5 rings (SSSR count). The molecule has 2 aromatic rings. The van der Waals surface area contributed by atoms with Crippen LogP contribution >= 0.6 is 11.6 Å². The number of carbonyl (C=O) groups excluding carboxylic acids is 7. The van der Waals surface area contributed by atoms with E-state index < -0.39 is 83.7 Å². The van der Waals surface area contributed by atoms with Gasteiger partial charge >= 0.3 is 12.1 Å². The second-order valence-electron chi connectivity index (χ2n) is 20.3. The van der Waals surface area contributed by atoms with E-state index in [0.29, 0.717) is 69.7 Å². The Morgan fingerprint density at radius 1 is 0.927 bits per heavy atom. The molecule has 1 saturated heterocycles. The number of hydrogen-bond acceptors (Lipinski definition) is 20. The van der Waals surface area contributed by atoms with Gasteiger partial charge in [0.25, 0.3) is 11.8 Å². The number of likely N-dealkylation sites (N-methyl/N-ethyl adjacent to an activating group) is 1. The number of allylic oxidation sites excluding steroid dienone is 3. The molecule has 0 aliphatic carbocycles. The van der Waals surface area contributed by atoms with E-state index >= 15 is 0 Å². The third-order valence-electron chi connectivity index (χ3n) is 13.9. The first-order valence-corrected chi connectivity index (χ1v) is 27.4. The molecule has 3 aliphatic heterocycles. The monoisotopic (exact) mass is 1170 g/mol. The van der Waals surface area contributed by atoms with Crippen molar-refractivity contribution >= 4 is 58.9 Å². The molecule has 3 unspecified atom stereocenters. The van der Waals surface area contributed by atoms with Crippen LogP contribution in [-0.2, 0) is 86.2 Å². The van der Waals surface area contributed by atoms with Crippen molar-refractivity contribution in [1.29, 1.82) is 0 Å². The molecule has 454 valence electrons. The van der Waals surface area contributed by atoms with Crippen molar-refractivity contribution in [3.8, 4) is 5.75 Å². The first-order valence-electron chi connectivity index (χ1n) is 27.0. The number of nitrogens with one attached hydrogen (secondary N) is 2. The Labute approximate surface area is 482 Å². The Kier molecular flexibility index (Phi) is 26.3. The predicted molar refractivity (Wildman–Crippen MR) is 294 cm³/mol. The highest BCUT2D eigenvalue weighted by atomic mass is 35.5. The van der Waals surface area contributed by atoms with Gasteiger partial charge in [-0.3, -0.25) is 34.2 Å². The van der Waals surface area contributed by atoms with E-state index in [0.717, 1.165) is 16.0 Å². The molecule has 4 heterocycles. The lowest BCUT2D eigenvalue weighted by atomic mass is 9.81. The van der Waals surface area contributed by atoms with Crippen LogP contribution in [0, 0.1) is 5.92 Å². The molecule has 27 heteroatoms. The van der Waals surface area contributed by atoms with E-state index in [1.807, 2.05) is 13.0 Å². The average molecular weight is 1180 g/mol. The van der Waals surface area contributed by atoms with Crippen molar-refractivity contribution in [2.24, 2.45) is 5.92 Å². The summed E-state index contributed by atoms with van der Waals surface area (Å²) in [6.45, 7) is 9.76. The number of alkyl carbamates (subject to hydrolysis) is 1. The van der Waals surface area contributed by atoms with Crippen LogP contribution in [0.4, 0.5) is 10.5 Å². The number of nitrogens with zero attached hydrogens (tertiary/aromatic N) is 6. The standard InChI is InChI=1S/C55H79ClN8O18/c1-36-10-9-11-44(75-8)55(73)33-43(81-53(71)58-55)37(2)32-54(4,72)45(31-50(69)62(6)41-29-39(28-36)30-42(74-7)51(41)56)82-52(70)38(3)61(5)47(66)15-19-76-21-18-63-34-40(59-60-63)35-80-27-26-79-25-24-78-23-22-77-20-16-57-46(65)14-17-64-48(67)12-13-49(64)68/h9-13,29-30,34,37-38,43-45,72-73H,14-28,31-33,35H2,1-8H3,(H,57,65)(H,58,71)/b11-9+,36-10+/t37-,38-,43-,44?,45?,54?,55-/m0/s1. The first kappa shape index (κ1) is 66.4. The molecule has 1 aromatic carbocycles. The molecule has 26 nitrogen and oxygen atoms in total. The summed E-state index contributed by atoms with van der Waals surface area (Å²) in [6.07, 6.45) is 4.27. The molecule has 0 spiro atoms. The van der Waals surface area contributed by atoms with Gasteiger partial charge in [0.05, 0.1) is 110 Å². The normalized spacial score (nSPS) is 23.9. The van der Waals surface area contributed by atoms with E-state index in [2.05, 4.69) is 20.9 Å². The largest absolute Gasteiger partial charge is 0.495 e. The van der Waals surface area contributed by atoms with Crippen molar-refractivity contribution < 1.29 is 86.4 Å². The minimum atomic E-state index is -1.95. The van der Waals surface area contributed by atoms with Gasteiger partial charge in [0.15, 0.2) is 5.72 Å². The number of esters is 1. The summed E-state index contributed by atoms with van der Waals surface area (Å²) in [5.74, 6) is -3.44. The lowest BCUT2D eigenvalue weighted by Crippen LogP contribution is -2.63. The number of aliphatic hydroxyl groups is 2. The summed E-state index contributed by atoms with van der Waals surface area (Å²) in [5, 5.41) is 37.5.